The van der Waals surface area contributed by atoms with Crippen molar-refractivity contribution < 1.29 is 21.2 Å². The van der Waals surface area contributed by atoms with Gasteiger partial charge in [-0.2, -0.15) is 0 Å². The summed E-state index contributed by atoms with van der Waals surface area (Å²) in [6.45, 7) is 8.69. The molecule has 0 radical (unpaired) electrons. The van der Waals surface area contributed by atoms with Crippen LogP contribution in [-0.4, -0.2) is 14.7 Å². The second-order valence-corrected chi connectivity index (χ2v) is 5.33. The third-order valence-corrected chi connectivity index (χ3v) is 4.11. The van der Waals surface area contributed by atoms with Crippen molar-refractivity contribution in [3.63, 3.8) is 0 Å². The molecule has 0 saturated heterocycles. The van der Waals surface area contributed by atoms with Crippen molar-refractivity contribution in [1.82, 2.24) is 9.78 Å². The average molecular weight is 279 g/mol. The van der Waals surface area contributed by atoms with Gasteiger partial charge in [-0.1, -0.05) is 0 Å². The summed E-state index contributed by atoms with van der Waals surface area (Å²) in [6, 6.07) is 0.494. The normalized spacial score (nSPS) is 11.5. The Hall–Kier alpha value is -0.0600. The predicted octanol–water partition coefficient (Wildman–Crippen LogP) is -1.03. The van der Waals surface area contributed by atoms with Gasteiger partial charge in [0.05, 0.1) is 0 Å². The molecule has 0 atom stereocenters. The molecule has 70 valence electrons. The molecule has 0 aliphatic rings. The van der Waals surface area contributed by atoms with Crippen LogP contribution in [0.15, 0.2) is 0 Å². The summed E-state index contributed by atoms with van der Waals surface area (Å²) in [4.78, 5) is 2.26. The molecule has 1 aromatic rings. The molecule has 12 heavy (non-hydrogen) atoms. The monoisotopic (exact) mass is 279 g/mol. The molecule has 0 bridgehead atoms. The van der Waals surface area contributed by atoms with Crippen LogP contribution in [0.3, 0.4) is 0 Å². The number of alkyl halides is 1. The molecule has 1 rings (SSSR count). The molecule has 2 nitrogen and oxygen atoms in total. The van der Waals surface area contributed by atoms with Crippen LogP contribution >= 0.6 is 0 Å². The molecular formula is C9H16IN2-. The van der Waals surface area contributed by atoms with Crippen molar-refractivity contribution in [2.75, 3.05) is 4.93 Å². The second kappa shape index (κ2) is 3.77. The molecule has 0 spiro atoms. The van der Waals surface area contributed by atoms with Crippen molar-refractivity contribution in [1.29, 1.82) is 0 Å². The van der Waals surface area contributed by atoms with Gasteiger partial charge in [0.25, 0.3) is 0 Å². The van der Waals surface area contributed by atoms with Crippen LogP contribution in [0.25, 0.3) is 0 Å². The van der Waals surface area contributed by atoms with E-state index in [1.54, 1.807) is 0 Å². The molecule has 1 aromatic heterocycles. The first kappa shape index (κ1) is 10.0. The summed E-state index contributed by atoms with van der Waals surface area (Å²) in [7, 11) is 0. The fourth-order valence-corrected chi connectivity index (χ4v) is 2.90. The summed E-state index contributed by atoms with van der Waals surface area (Å²) in [6.07, 6.45) is 0. The molecule has 0 aliphatic carbocycles. The number of rotatable bonds is 2. The van der Waals surface area contributed by atoms with E-state index in [2.05, 4.69) is 42.4 Å². The van der Waals surface area contributed by atoms with Gasteiger partial charge in [0.1, 0.15) is 0 Å². The molecular weight excluding hydrogens is 263 g/mol. The molecule has 0 N–H and O–H groups in total. The van der Waals surface area contributed by atoms with E-state index in [1.807, 2.05) is 0 Å². The van der Waals surface area contributed by atoms with Gasteiger partial charge in [-0.15, -0.1) is 0 Å². The summed E-state index contributed by atoms with van der Waals surface area (Å²) in [5.41, 5.74) is 2.74. The summed E-state index contributed by atoms with van der Waals surface area (Å²) >= 11 is 0.134. The quantitative estimate of drug-likeness (QED) is 0.500. The second-order valence-electron chi connectivity index (χ2n) is 3.23. The third-order valence-electron chi connectivity index (χ3n) is 2.06. The molecule has 0 aromatic carbocycles. The molecule has 3 heteroatoms. The van der Waals surface area contributed by atoms with Crippen LogP contribution in [0.5, 0.6) is 0 Å². The van der Waals surface area contributed by atoms with Crippen LogP contribution < -0.4 is 21.2 Å². The van der Waals surface area contributed by atoms with Crippen molar-refractivity contribution in [2.24, 2.45) is 0 Å². The Labute approximate surface area is 84.6 Å². The van der Waals surface area contributed by atoms with E-state index < -0.39 is 0 Å². The Kier molecular flexibility index (Phi) is 3.15. The van der Waals surface area contributed by atoms with Gasteiger partial charge in [0.15, 0.2) is 0 Å². The molecule has 1 heterocycles. The first-order valence-electron chi connectivity index (χ1n) is 4.13. The number of hydrogen-bond donors (Lipinski definition) is 0. The first-order chi connectivity index (χ1) is 5.57. The average Bonchev–Trinajstić information content (AvgIpc) is 2.30. The van der Waals surface area contributed by atoms with E-state index >= 15 is 0 Å². The summed E-state index contributed by atoms with van der Waals surface area (Å²) in [5.74, 6) is 0. The van der Waals surface area contributed by atoms with Crippen molar-refractivity contribution >= 4 is 0 Å². The van der Waals surface area contributed by atoms with Gasteiger partial charge < -0.3 is 0 Å². The van der Waals surface area contributed by atoms with E-state index in [-0.39, 0.29) is 21.2 Å². The molecule has 0 unspecified atom stereocenters. The summed E-state index contributed by atoms with van der Waals surface area (Å²) in [5, 5.41) is 4.59. The Balaban J connectivity index is 3.16. The van der Waals surface area contributed by atoms with Crippen LogP contribution in [0.2, 0.25) is 0 Å². The van der Waals surface area contributed by atoms with E-state index in [0.717, 1.165) is 0 Å². The van der Waals surface area contributed by atoms with E-state index in [9.17, 15) is 0 Å². The van der Waals surface area contributed by atoms with Crippen LogP contribution in [0.4, 0.5) is 0 Å². The number of aromatic nitrogens is 2. The van der Waals surface area contributed by atoms with Crippen molar-refractivity contribution in [3.8, 4) is 0 Å². The minimum atomic E-state index is 0.134. The van der Waals surface area contributed by atoms with Gasteiger partial charge in [-0.3, -0.25) is 0 Å². The van der Waals surface area contributed by atoms with Crippen LogP contribution in [-0.2, 0) is 0 Å². The molecule has 0 aliphatic heterocycles. The molecule has 0 amide bonds. The fraction of sp³-hybridized carbons (Fsp3) is 0.667. The Morgan fingerprint density at radius 3 is 2.17 bits per heavy atom. The van der Waals surface area contributed by atoms with Crippen molar-refractivity contribution in [3.05, 3.63) is 15.0 Å². The van der Waals surface area contributed by atoms with E-state index in [1.165, 1.54) is 15.0 Å². The van der Waals surface area contributed by atoms with Gasteiger partial charge >= 0.3 is 84.6 Å². The Morgan fingerprint density at radius 1 is 1.33 bits per heavy atom. The van der Waals surface area contributed by atoms with Gasteiger partial charge in [-0.25, -0.2) is 0 Å². The van der Waals surface area contributed by atoms with Gasteiger partial charge in [0, 0.05) is 0 Å². The van der Waals surface area contributed by atoms with E-state index in [4.69, 9.17) is 0 Å². The van der Waals surface area contributed by atoms with E-state index in [0.29, 0.717) is 6.04 Å². The predicted molar refractivity (Wildman–Crippen MR) is 46.7 cm³/mol. The fourth-order valence-electron chi connectivity index (χ4n) is 1.25. The third kappa shape index (κ3) is 1.65. The van der Waals surface area contributed by atoms with Gasteiger partial charge in [-0.05, 0) is 0 Å². The number of nitrogens with zero attached hydrogens (tertiary/aromatic N) is 2. The molecule has 0 saturated carbocycles. The minimum absolute atomic E-state index is 0.134. The zero-order chi connectivity index (χ0) is 9.30. The first-order valence-corrected chi connectivity index (χ1v) is 7.36. The van der Waals surface area contributed by atoms with Crippen molar-refractivity contribution in [2.45, 2.75) is 33.7 Å². The Morgan fingerprint density at radius 2 is 1.92 bits per heavy atom. The van der Waals surface area contributed by atoms with Crippen LogP contribution in [0, 0.1) is 17.5 Å². The summed E-state index contributed by atoms with van der Waals surface area (Å²) < 4.78 is 3.48. The Bertz CT molecular complexity index is 276. The number of hydrogen-bond acceptors (Lipinski definition) is 1. The van der Waals surface area contributed by atoms with Crippen LogP contribution in [0.1, 0.15) is 31.1 Å². The zero-order valence-corrected chi connectivity index (χ0v) is 10.5. The standard InChI is InChI=1S/C9H16IN2/c1-6(2)12-8(4)7(3)9(10-5)11-12/h6H,1-5H3/q-1. The SMILES string of the molecule is C[I-]c1nn(C(C)C)c(C)c1C. The maximum absolute atomic E-state index is 4.59. The maximum atomic E-state index is 4.59. The topological polar surface area (TPSA) is 17.8 Å². The molecule has 0 fully saturated rings. The van der Waals surface area contributed by atoms with Gasteiger partial charge in [0.2, 0.25) is 0 Å². The number of halogens is 1. The zero-order valence-electron chi connectivity index (χ0n) is 8.35.